The van der Waals surface area contributed by atoms with Gasteiger partial charge in [-0.3, -0.25) is 4.90 Å². The predicted molar refractivity (Wildman–Crippen MR) is 77.5 cm³/mol. The molecule has 4 nitrogen and oxygen atoms in total. The largest absolute Gasteiger partial charge is 0.496 e. The Hall–Kier alpha value is -1.57. The lowest BCUT2D eigenvalue weighted by atomic mass is 10.1. The highest BCUT2D eigenvalue weighted by atomic mass is 16.5. The van der Waals surface area contributed by atoms with Crippen LogP contribution < -0.4 is 4.74 Å². The lowest BCUT2D eigenvalue weighted by Crippen LogP contribution is -2.35. The van der Waals surface area contributed by atoms with Crippen LogP contribution in [0.5, 0.6) is 5.75 Å². The smallest absolute Gasteiger partial charge is 0.123 e. The molecule has 1 aliphatic carbocycles. The number of rotatable bonds is 6. The van der Waals surface area contributed by atoms with Gasteiger partial charge in [0, 0.05) is 24.7 Å². The van der Waals surface area contributed by atoms with Crippen LogP contribution in [0.15, 0.2) is 18.2 Å². The van der Waals surface area contributed by atoms with E-state index < -0.39 is 0 Å². The van der Waals surface area contributed by atoms with E-state index in [1.807, 2.05) is 12.1 Å². The molecule has 2 rings (SSSR count). The second-order valence-electron chi connectivity index (χ2n) is 5.27. The average molecular weight is 274 g/mol. The second-order valence-corrected chi connectivity index (χ2v) is 5.27. The summed E-state index contributed by atoms with van der Waals surface area (Å²) >= 11 is 0. The molecule has 0 unspecified atom stereocenters. The van der Waals surface area contributed by atoms with Crippen LogP contribution in [-0.2, 0) is 6.54 Å². The molecule has 4 heteroatoms. The van der Waals surface area contributed by atoms with E-state index in [-0.39, 0.29) is 6.61 Å². The molecule has 0 spiro atoms. The zero-order valence-corrected chi connectivity index (χ0v) is 12.0. The zero-order chi connectivity index (χ0) is 14.4. The molecular weight excluding hydrogens is 252 g/mol. The first kappa shape index (κ1) is 14.8. The number of methoxy groups -OCH3 is 1. The van der Waals surface area contributed by atoms with Gasteiger partial charge in [-0.1, -0.05) is 12.8 Å². The van der Waals surface area contributed by atoms with E-state index in [1.54, 1.807) is 13.2 Å². The van der Waals surface area contributed by atoms with Crippen LogP contribution in [0.4, 0.5) is 0 Å². The molecule has 1 saturated carbocycles. The van der Waals surface area contributed by atoms with Gasteiger partial charge in [-0.25, -0.2) is 0 Å². The topological polar surface area (TPSA) is 56.5 Å². The molecule has 0 amide bonds. The van der Waals surface area contributed by atoms with Crippen LogP contribution in [-0.4, -0.2) is 36.3 Å². The van der Waals surface area contributed by atoms with Crippen LogP contribution in [0, 0.1) is 11.3 Å². The van der Waals surface area contributed by atoms with Crippen LogP contribution in [0.1, 0.15) is 36.8 Å². The normalized spacial score (nSPS) is 15.5. The molecule has 1 aliphatic rings. The summed E-state index contributed by atoms with van der Waals surface area (Å²) in [5, 5.41) is 18.3. The van der Waals surface area contributed by atoms with Gasteiger partial charge in [-0.15, -0.1) is 0 Å². The van der Waals surface area contributed by atoms with Gasteiger partial charge in [-0.2, -0.15) is 5.26 Å². The molecule has 20 heavy (non-hydrogen) atoms. The van der Waals surface area contributed by atoms with Gasteiger partial charge in [0.05, 0.1) is 25.3 Å². The Bertz CT molecular complexity index is 476. The number of nitrogens with zero attached hydrogens (tertiary/aromatic N) is 2. The van der Waals surface area contributed by atoms with Gasteiger partial charge in [0.1, 0.15) is 5.75 Å². The van der Waals surface area contributed by atoms with Crippen molar-refractivity contribution < 1.29 is 9.84 Å². The maximum Gasteiger partial charge on any atom is 0.123 e. The first-order valence-corrected chi connectivity index (χ1v) is 7.20. The van der Waals surface area contributed by atoms with Crippen molar-refractivity contribution in [3.63, 3.8) is 0 Å². The lowest BCUT2D eigenvalue weighted by molar-refractivity contribution is 0.143. The molecular formula is C16H22N2O2. The maximum absolute atomic E-state index is 9.28. The molecule has 0 saturated heterocycles. The molecule has 0 aromatic heterocycles. The number of aliphatic hydroxyl groups excluding tert-OH is 1. The lowest BCUT2D eigenvalue weighted by Gasteiger charge is -2.28. The van der Waals surface area contributed by atoms with E-state index in [9.17, 15) is 5.11 Å². The van der Waals surface area contributed by atoms with Gasteiger partial charge in [0.2, 0.25) is 0 Å². The van der Waals surface area contributed by atoms with Crippen molar-refractivity contribution in [1.29, 1.82) is 5.26 Å². The average Bonchev–Trinajstić information content (AvgIpc) is 3.00. The first-order valence-electron chi connectivity index (χ1n) is 7.20. The number of aliphatic hydroxyl groups is 1. The van der Waals surface area contributed by atoms with E-state index in [0.717, 1.165) is 17.9 Å². The minimum atomic E-state index is 0.163. The fourth-order valence-electron chi connectivity index (χ4n) is 2.98. The highest BCUT2D eigenvalue weighted by Gasteiger charge is 2.23. The van der Waals surface area contributed by atoms with E-state index in [1.165, 1.54) is 25.7 Å². The highest BCUT2D eigenvalue weighted by Crippen LogP contribution is 2.27. The highest BCUT2D eigenvalue weighted by molar-refractivity contribution is 5.42. The van der Waals surface area contributed by atoms with E-state index >= 15 is 0 Å². The first-order chi connectivity index (χ1) is 9.78. The Balaban J connectivity index is 2.18. The molecule has 1 N–H and O–H groups in total. The fraction of sp³-hybridized carbons (Fsp3) is 0.562. The van der Waals surface area contributed by atoms with Gasteiger partial charge < -0.3 is 9.84 Å². The fourth-order valence-corrected chi connectivity index (χ4v) is 2.98. The Morgan fingerprint density at radius 2 is 2.15 bits per heavy atom. The van der Waals surface area contributed by atoms with Crippen molar-refractivity contribution in [2.45, 2.75) is 38.3 Å². The third-order valence-electron chi connectivity index (χ3n) is 4.01. The van der Waals surface area contributed by atoms with Crippen molar-refractivity contribution in [2.24, 2.45) is 0 Å². The summed E-state index contributed by atoms with van der Waals surface area (Å²) in [5.41, 5.74) is 1.67. The third-order valence-corrected chi connectivity index (χ3v) is 4.01. The summed E-state index contributed by atoms with van der Waals surface area (Å²) < 4.78 is 5.39. The number of ether oxygens (including phenoxy) is 1. The number of hydrogen-bond acceptors (Lipinski definition) is 4. The Morgan fingerprint density at radius 3 is 2.75 bits per heavy atom. The Kier molecular flexibility index (Phi) is 5.40. The molecule has 0 bridgehead atoms. The SMILES string of the molecule is COc1ccc(C#N)cc1CN(CCO)C1CCCC1. The molecule has 1 aromatic carbocycles. The minimum absolute atomic E-state index is 0.163. The summed E-state index contributed by atoms with van der Waals surface area (Å²) in [6, 6.07) is 8.22. The molecule has 0 aliphatic heterocycles. The Morgan fingerprint density at radius 1 is 1.40 bits per heavy atom. The van der Waals surface area contributed by atoms with Gasteiger partial charge in [0.25, 0.3) is 0 Å². The van der Waals surface area contributed by atoms with Crippen LogP contribution in [0.3, 0.4) is 0 Å². The van der Waals surface area contributed by atoms with Crippen molar-refractivity contribution in [1.82, 2.24) is 4.90 Å². The number of hydrogen-bond donors (Lipinski definition) is 1. The second kappa shape index (κ2) is 7.28. The van der Waals surface area contributed by atoms with E-state index in [4.69, 9.17) is 10.00 Å². The molecule has 1 fully saturated rings. The van der Waals surface area contributed by atoms with Gasteiger partial charge in [-0.05, 0) is 31.0 Å². The third kappa shape index (κ3) is 3.50. The molecule has 0 radical (unpaired) electrons. The number of benzene rings is 1. The molecule has 0 heterocycles. The predicted octanol–water partition coefficient (Wildman–Crippen LogP) is 2.30. The monoisotopic (exact) mass is 274 g/mol. The van der Waals surface area contributed by atoms with Crippen molar-refractivity contribution in [3.8, 4) is 11.8 Å². The molecule has 0 atom stereocenters. The van der Waals surface area contributed by atoms with E-state index in [0.29, 0.717) is 18.2 Å². The standard InChI is InChI=1S/C16H22N2O2/c1-20-16-7-6-13(11-17)10-14(16)12-18(8-9-19)15-4-2-3-5-15/h6-7,10,15,19H,2-5,8-9,12H2,1H3. The number of nitriles is 1. The zero-order valence-electron chi connectivity index (χ0n) is 12.0. The van der Waals surface area contributed by atoms with Crippen molar-refractivity contribution in [2.75, 3.05) is 20.3 Å². The van der Waals surface area contributed by atoms with Crippen LogP contribution in [0.25, 0.3) is 0 Å². The summed E-state index contributed by atoms with van der Waals surface area (Å²) in [4.78, 5) is 2.31. The minimum Gasteiger partial charge on any atom is -0.496 e. The summed E-state index contributed by atoms with van der Waals surface area (Å²) in [6.07, 6.45) is 4.92. The Labute approximate surface area is 120 Å². The maximum atomic E-state index is 9.28. The summed E-state index contributed by atoms with van der Waals surface area (Å²) in [7, 11) is 1.65. The molecule has 108 valence electrons. The van der Waals surface area contributed by atoms with E-state index in [2.05, 4.69) is 11.0 Å². The molecule has 1 aromatic rings. The van der Waals surface area contributed by atoms with Crippen molar-refractivity contribution >= 4 is 0 Å². The quantitative estimate of drug-likeness (QED) is 0.865. The van der Waals surface area contributed by atoms with Crippen molar-refractivity contribution in [3.05, 3.63) is 29.3 Å². The summed E-state index contributed by atoms with van der Waals surface area (Å²) in [5.74, 6) is 0.810. The summed E-state index contributed by atoms with van der Waals surface area (Å²) in [6.45, 7) is 1.56. The van der Waals surface area contributed by atoms with Gasteiger partial charge >= 0.3 is 0 Å². The van der Waals surface area contributed by atoms with Crippen LogP contribution in [0.2, 0.25) is 0 Å². The van der Waals surface area contributed by atoms with Crippen LogP contribution >= 0.6 is 0 Å². The van der Waals surface area contributed by atoms with Gasteiger partial charge in [0.15, 0.2) is 0 Å².